The van der Waals surface area contributed by atoms with E-state index in [1.54, 1.807) is 17.4 Å². The molecule has 0 aliphatic rings. The van der Waals surface area contributed by atoms with Gasteiger partial charge in [-0.2, -0.15) is 0 Å². The molecule has 0 fully saturated rings. The lowest BCUT2D eigenvalue weighted by Crippen LogP contribution is -1.83. The van der Waals surface area contributed by atoms with Crippen molar-refractivity contribution in [1.82, 2.24) is 0 Å². The van der Waals surface area contributed by atoms with Crippen LogP contribution in [-0.2, 0) is 0 Å². The Labute approximate surface area is 94.9 Å². The van der Waals surface area contributed by atoms with Crippen LogP contribution in [0, 0.1) is 5.82 Å². The molecular formula is C11H7FOS2. The number of carbonyl (C=O) groups is 1. The van der Waals surface area contributed by atoms with Crippen LogP contribution < -0.4 is 0 Å². The number of hydrogen-bond donors (Lipinski definition) is 0. The quantitative estimate of drug-likeness (QED) is 0.755. The zero-order chi connectivity index (χ0) is 10.7. The van der Waals surface area contributed by atoms with E-state index in [2.05, 4.69) is 0 Å². The standard InChI is InChI=1S/C11H7FOS2/c12-9-4-8(7-13)5-10(6-9)15-11-2-1-3-14-11/h1-7H. The lowest BCUT2D eigenvalue weighted by molar-refractivity contribution is 0.112. The molecule has 2 rings (SSSR count). The second-order valence-corrected chi connectivity index (χ2v) is 5.19. The van der Waals surface area contributed by atoms with E-state index in [0.29, 0.717) is 11.8 Å². The molecule has 4 heteroatoms. The molecule has 0 bridgehead atoms. The van der Waals surface area contributed by atoms with E-state index in [1.165, 1.54) is 23.9 Å². The van der Waals surface area contributed by atoms with Crippen LogP contribution in [0.1, 0.15) is 10.4 Å². The number of benzene rings is 1. The van der Waals surface area contributed by atoms with Crippen molar-refractivity contribution in [2.24, 2.45) is 0 Å². The molecule has 76 valence electrons. The van der Waals surface area contributed by atoms with Crippen LogP contribution in [0.3, 0.4) is 0 Å². The summed E-state index contributed by atoms with van der Waals surface area (Å²) in [7, 11) is 0. The molecule has 0 saturated heterocycles. The minimum atomic E-state index is -0.376. The van der Waals surface area contributed by atoms with Crippen molar-refractivity contribution in [3.05, 3.63) is 47.1 Å². The molecule has 1 nitrogen and oxygen atoms in total. The van der Waals surface area contributed by atoms with Crippen LogP contribution in [0.4, 0.5) is 4.39 Å². The van der Waals surface area contributed by atoms with Gasteiger partial charge in [0.05, 0.1) is 4.21 Å². The van der Waals surface area contributed by atoms with E-state index in [4.69, 9.17) is 0 Å². The van der Waals surface area contributed by atoms with Gasteiger partial charge in [0, 0.05) is 10.5 Å². The highest BCUT2D eigenvalue weighted by Crippen LogP contribution is 2.31. The van der Waals surface area contributed by atoms with Crippen molar-refractivity contribution in [2.45, 2.75) is 9.10 Å². The molecule has 2 aromatic rings. The third-order valence-electron chi connectivity index (χ3n) is 1.74. The van der Waals surface area contributed by atoms with Crippen LogP contribution in [0.25, 0.3) is 0 Å². The van der Waals surface area contributed by atoms with Gasteiger partial charge in [0.15, 0.2) is 0 Å². The number of halogens is 1. The number of rotatable bonds is 3. The lowest BCUT2D eigenvalue weighted by atomic mass is 10.2. The van der Waals surface area contributed by atoms with Crippen molar-refractivity contribution < 1.29 is 9.18 Å². The fraction of sp³-hybridized carbons (Fsp3) is 0. The molecule has 1 aromatic carbocycles. The molecule has 0 unspecified atom stereocenters. The Bertz CT molecular complexity index is 465. The summed E-state index contributed by atoms with van der Waals surface area (Å²) in [6.07, 6.45) is 0.654. The number of aldehydes is 1. The van der Waals surface area contributed by atoms with E-state index in [-0.39, 0.29) is 5.82 Å². The molecule has 0 saturated carbocycles. The van der Waals surface area contributed by atoms with Gasteiger partial charge < -0.3 is 0 Å². The normalized spacial score (nSPS) is 10.2. The Kier molecular flexibility index (Phi) is 3.18. The van der Waals surface area contributed by atoms with Crippen molar-refractivity contribution in [2.75, 3.05) is 0 Å². The summed E-state index contributed by atoms with van der Waals surface area (Å²) < 4.78 is 14.2. The van der Waals surface area contributed by atoms with Gasteiger partial charge in [-0.1, -0.05) is 17.8 Å². The first-order valence-corrected chi connectivity index (χ1v) is 5.94. The smallest absolute Gasteiger partial charge is 0.150 e. The number of hydrogen-bond acceptors (Lipinski definition) is 3. The Morgan fingerprint density at radius 2 is 2.20 bits per heavy atom. The summed E-state index contributed by atoms with van der Waals surface area (Å²) in [6.45, 7) is 0. The summed E-state index contributed by atoms with van der Waals surface area (Å²) in [6, 6.07) is 8.23. The lowest BCUT2D eigenvalue weighted by Gasteiger charge is -2.00. The Morgan fingerprint density at radius 1 is 1.33 bits per heavy atom. The predicted molar refractivity (Wildman–Crippen MR) is 60.2 cm³/mol. The van der Waals surface area contributed by atoms with Crippen molar-refractivity contribution in [3.8, 4) is 0 Å². The molecule has 0 aliphatic heterocycles. The minimum Gasteiger partial charge on any atom is -0.298 e. The van der Waals surface area contributed by atoms with Crippen LogP contribution in [0.15, 0.2) is 44.8 Å². The molecule has 0 amide bonds. The average Bonchev–Trinajstić information content (AvgIpc) is 2.69. The molecular weight excluding hydrogens is 231 g/mol. The summed E-state index contributed by atoms with van der Waals surface area (Å²) in [5.74, 6) is -0.376. The summed E-state index contributed by atoms with van der Waals surface area (Å²) in [4.78, 5) is 11.3. The highest BCUT2D eigenvalue weighted by atomic mass is 32.2. The fourth-order valence-corrected chi connectivity index (χ4v) is 2.99. The summed E-state index contributed by atoms with van der Waals surface area (Å²) in [5.41, 5.74) is 0.369. The van der Waals surface area contributed by atoms with Gasteiger partial charge in [-0.05, 0) is 29.6 Å². The minimum absolute atomic E-state index is 0.369. The Hall–Kier alpha value is -1.13. The first-order chi connectivity index (χ1) is 7.28. The van der Waals surface area contributed by atoms with Crippen LogP contribution in [0.5, 0.6) is 0 Å². The number of carbonyl (C=O) groups excluding carboxylic acids is 1. The van der Waals surface area contributed by atoms with Gasteiger partial charge in [0.25, 0.3) is 0 Å². The van der Waals surface area contributed by atoms with E-state index < -0.39 is 0 Å². The second kappa shape index (κ2) is 4.59. The monoisotopic (exact) mass is 238 g/mol. The van der Waals surface area contributed by atoms with Crippen molar-refractivity contribution in [1.29, 1.82) is 0 Å². The maximum absolute atomic E-state index is 13.1. The van der Waals surface area contributed by atoms with Gasteiger partial charge in [0.1, 0.15) is 12.1 Å². The van der Waals surface area contributed by atoms with Crippen molar-refractivity contribution >= 4 is 29.4 Å². The zero-order valence-electron chi connectivity index (χ0n) is 7.64. The van der Waals surface area contributed by atoms with Gasteiger partial charge in [-0.25, -0.2) is 4.39 Å². The van der Waals surface area contributed by atoms with Gasteiger partial charge in [0.2, 0.25) is 0 Å². The molecule has 0 N–H and O–H groups in total. The Balaban J connectivity index is 2.28. The van der Waals surface area contributed by atoms with Crippen LogP contribution in [0.2, 0.25) is 0 Å². The van der Waals surface area contributed by atoms with E-state index >= 15 is 0 Å². The highest BCUT2D eigenvalue weighted by molar-refractivity contribution is 8.01. The predicted octanol–water partition coefficient (Wildman–Crippen LogP) is 3.85. The first kappa shape index (κ1) is 10.4. The Morgan fingerprint density at radius 3 is 2.87 bits per heavy atom. The summed E-state index contributed by atoms with van der Waals surface area (Å²) in [5, 5.41) is 1.96. The van der Waals surface area contributed by atoms with Gasteiger partial charge >= 0.3 is 0 Å². The van der Waals surface area contributed by atoms with E-state index in [9.17, 15) is 9.18 Å². The average molecular weight is 238 g/mol. The molecule has 1 aromatic heterocycles. The SMILES string of the molecule is O=Cc1cc(F)cc(Sc2cccs2)c1. The van der Waals surface area contributed by atoms with Crippen LogP contribution >= 0.6 is 23.1 Å². The molecule has 0 atom stereocenters. The zero-order valence-corrected chi connectivity index (χ0v) is 9.28. The summed E-state index contributed by atoms with van der Waals surface area (Å²) >= 11 is 3.05. The molecule has 0 spiro atoms. The molecule has 0 radical (unpaired) electrons. The third kappa shape index (κ3) is 2.67. The van der Waals surface area contributed by atoms with Gasteiger partial charge in [-0.3, -0.25) is 4.79 Å². The maximum atomic E-state index is 13.1. The largest absolute Gasteiger partial charge is 0.298 e. The third-order valence-corrected chi connectivity index (χ3v) is 3.75. The molecule has 1 heterocycles. The fourth-order valence-electron chi connectivity index (χ4n) is 1.15. The maximum Gasteiger partial charge on any atom is 0.150 e. The number of thiophene rings is 1. The second-order valence-electron chi connectivity index (χ2n) is 2.87. The first-order valence-electron chi connectivity index (χ1n) is 4.25. The topological polar surface area (TPSA) is 17.1 Å². The van der Waals surface area contributed by atoms with Gasteiger partial charge in [-0.15, -0.1) is 11.3 Å². The van der Waals surface area contributed by atoms with E-state index in [0.717, 1.165) is 9.10 Å². The van der Waals surface area contributed by atoms with E-state index in [1.807, 2.05) is 17.5 Å². The van der Waals surface area contributed by atoms with Crippen molar-refractivity contribution in [3.63, 3.8) is 0 Å². The van der Waals surface area contributed by atoms with Crippen LogP contribution in [-0.4, -0.2) is 6.29 Å². The molecule has 0 aliphatic carbocycles. The highest BCUT2D eigenvalue weighted by Gasteiger charge is 2.02. The molecule has 15 heavy (non-hydrogen) atoms.